The van der Waals surface area contributed by atoms with Gasteiger partial charge in [0.25, 0.3) is 5.56 Å². The van der Waals surface area contributed by atoms with Crippen molar-refractivity contribution in [2.75, 3.05) is 0 Å². The fraction of sp³-hybridized carbons (Fsp3) is 0.125. The number of hydrogen-bond donors (Lipinski definition) is 1. The van der Waals surface area contributed by atoms with Crippen LogP contribution in [0.25, 0.3) is 17.5 Å². The number of benzene rings is 2. The van der Waals surface area contributed by atoms with E-state index in [0.29, 0.717) is 14.8 Å². The quantitative estimate of drug-likeness (QED) is 0.702. The van der Waals surface area contributed by atoms with E-state index in [1.807, 2.05) is 62.4 Å². The summed E-state index contributed by atoms with van der Waals surface area (Å²) in [6, 6.07) is 19.8. The lowest BCUT2D eigenvalue weighted by molar-refractivity contribution is 0.905. The first-order valence-corrected chi connectivity index (χ1v) is 10.2. The summed E-state index contributed by atoms with van der Waals surface area (Å²) in [5, 5.41) is 19.8. The van der Waals surface area contributed by atoms with Gasteiger partial charge in [-0.2, -0.15) is 10.5 Å². The summed E-state index contributed by atoms with van der Waals surface area (Å²) in [5.41, 5.74) is 10.4. The smallest absolute Gasteiger partial charge is 0.274 e. The fourth-order valence-corrected chi connectivity index (χ4v) is 4.87. The average molecular weight is 411 g/mol. The van der Waals surface area contributed by atoms with Crippen LogP contribution in [0.4, 0.5) is 0 Å². The maximum atomic E-state index is 13.1. The zero-order valence-electron chi connectivity index (χ0n) is 16.5. The van der Waals surface area contributed by atoms with Gasteiger partial charge in [0, 0.05) is 0 Å². The van der Waals surface area contributed by atoms with Crippen molar-refractivity contribution in [1.29, 1.82) is 10.5 Å². The molecule has 146 valence electrons. The summed E-state index contributed by atoms with van der Waals surface area (Å²) in [6.45, 7) is 3.94. The van der Waals surface area contributed by atoms with E-state index in [-0.39, 0.29) is 17.0 Å². The van der Waals surface area contributed by atoms with Gasteiger partial charge in [-0.05, 0) is 31.1 Å². The van der Waals surface area contributed by atoms with Gasteiger partial charge in [0.15, 0.2) is 0 Å². The molecule has 0 bridgehead atoms. The molecule has 3 aromatic rings. The van der Waals surface area contributed by atoms with Crippen LogP contribution in [-0.2, 0) is 0 Å². The third kappa shape index (κ3) is 3.14. The van der Waals surface area contributed by atoms with Gasteiger partial charge >= 0.3 is 0 Å². The van der Waals surface area contributed by atoms with Gasteiger partial charge in [0.05, 0.1) is 33.7 Å². The Morgan fingerprint density at radius 1 is 1.03 bits per heavy atom. The van der Waals surface area contributed by atoms with E-state index in [2.05, 4.69) is 12.1 Å². The normalized spacial score (nSPS) is 16.2. The third-order valence-electron chi connectivity index (χ3n) is 5.10. The maximum Gasteiger partial charge on any atom is 0.274 e. The van der Waals surface area contributed by atoms with E-state index in [9.17, 15) is 15.3 Å². The van der Waals surface area contributed by atoms with Crippen molar-refractivity contribution in [3.05, 3.63) is 95.9 Å². The number of thiazole rings is 1. The highest BCUT2D eigenvalue weighted by Crippen LogP contribution is 2.35. The van der Waals surface area contributed by atoms with Gasteiger partial charge in [0.1, 0.15) is 10.5 Å². The molecule has 0 saturated carbocycles. The Morgan fingerprint density at radius 2 is 1.70 bits per heavy atom. The predicted molar refractivity (Wildman–Crippen MR) is 119 cm³/mol. The SMILES string of the molecule is Cc1cccc(C=c2sc3n(c2=O)C(N)=C(C#N)[C@@H](c2cccc(C)c2)C=3C#N)c1. The highest BCUT2D eigenvalue weighted by Gasteiger charge is 2.32. The van der Waals surface area contributed by atoms with E-state index >= 15 is 0 Å². The van der Waals surface area contributed by atoms with Crippen LogP contribution < -0.4 is 20.5 Å². The summed E-state index contributed by atoms with van der Waals surface area (Å²) in [6.07, 6.45) is 1.79. The second-order valence-electron chi connectivity index (χ2n) is 7.25. The van der Waals surface area contributed by atoms with Gasteiger partial charge in [-0.25, -0.2) is 0 Å². The Balaban J connectivity index is 2.07. The number of allylic oxidation sites excluding steroid dienone is 1. The molecule has 0 saturated heterocycles. The Hall–Kier alpha value is -3.87. The second-order valence-corrected chi connectivity index (χ2v) is 8.28. The van der Waals surface area contributed by atoms with E-state index in [1.165, 1.54) is 15.9 Å². The molecule has 1 aliphatic rings. The van der Waals surface area contributed by atoms with Crippen LogP contribution in [0, 0.1) is 36.5 Å². The van der Waals surface area contributed by atoms with Gasteiger partial charge < -0.3 is 5.73 Å². The zero-order valence-corrected chi connectivity index (χ0v) is 17.3. The van der Waals surface area contributed by atoms with E-state index < -0.39 is 5.92 Å². The van der Waals surface area contributed by atoms with Crippen LogP contribution in [-0.4, -0.2) is 4.57 Å². The molecule has 1 aromatic heterocycles. The maximum absolute atomic E-state index is 13.1. The van der Waals surface area contributed by atoms with Gasteiger partial charge in [-0.3, -0.25) is 9.36 Å². The minimum absolute atomic E-state index is 0.0862. The number of hydrogen-bond acceptors (Lipinski definition) is 5. The molecule has 0 aliphatic carbocycles. The monoisotopic (exact) mass is 410 g/mol. The van der Waals surface area contributed by atoms with Crippen LogP contribution in [0.3, 0.4) is 0 Å². The highest BCUT2D eigenvalue weighted by molar-refractivity contribution is 7.07. The van der Waals surface area contributed by atoms with Gasteiger partial charge in [0.2, 0.25) is 0 Å². The van der Waals surface area contributed by atoms with Crippen molar-refractivity contribution < 1.29 is 0 Å². The first-order chi connectivity index (χ1) is 14.4. The molecule has 0 unspecified atom stereocenters. The molecule has 1 atom stereocenters. The third-order valence-corrected chi connectivity index (χ3v) is 6.21. The highest BCUT2D eigenvalue weighted by atomic mass is 32.1. The van der Waals surface area contributed by atoms with Crippen LogP contribution in [0.15, 0.2) is 58.9 Å². The Labute approximate surface area is 177 Å². The first kappa shape index (κ1) is 19.4. The lowest BCUT2D eigenvalue weighted by Crippen LogP contribution is -2.38. The summed E-state index contributed by atoms with van der Waals surface area (Å²) < 4.78 is 2.24. The summed E-state index contributed by atoms with van der Waals surface area (Å²) in [4.78, 5) is 13.1. The summed E-state index contributed by atoms with van der Waals surface area (Å²) in [5.74, 6) is -0.507. The van der Waals surface area contributed by atoms with Gasteiger partial charge in [-0.15, -0.1) is 11.3 Å². The molecule has 4 rings (SSSR count). The van der Waals surface area contributed by atoms with Crippen LogP contribution in [0.2, 0.25) is 0 Å². The van der Waals surface area contributed by atoms with Crippen molar-refractivity contribution in [2.45, 2.75) is 19.8 Å². The van der Waals surface area contributed by atoms with E-state index in [0.717, 1.165) is 22.3 Å². The molecule has 30 heavy (non-hydrogen) atoms. The molecule has 6 heteroatoms. The summed E-state index contributed by atoms with van der Waals surface area (Å²) >= 11 is 1.23. The molecule has 1 aliphatic heterocycles. The summed E-state index contributed by atoms with van der Waals surface area (Å²) in [7, 11) is 0. The lowest BCUT2D eigenvalue weighted by atomic mass is 9.84. The molecule has 0 fully saturated rings. The van der Waals surface area contributed by atoms with E-state index in [1.54, 1.807) is 6.08 Å². The fourth-order valence-electron chi connectivity index (χ4n) is 3.75. The van der Waals surface area contributed by atoms with Crippen molar-refractivity contribution in [2.24, 2.45) is 5.73 Å². The van der Waals surface area contributed by atoms with Crippen molar-refractivity contribution >= 4 is 28.8 Å². The molecular formula is C24H18N4OS. The Bertz CT molecular complexity index is 1470. The number of aromatic nitrogens is 1. The topological polar surface area (TPSA) is 95.6 Å². The van der Waals surface area contributed by atoms with Gasteiger partial charge in [-0.1, -0.05) is 59.7 Å². The Morgan fingerprint density at radius 3 is 2.33 bits per heavy atom. The molecule has 2 N–H and O–H groups in total. The van der Waals surface area contributed by atoms with E-state index in [4.69, 9.17) is 5.73 Å². The molecule has 2 aromatic carbocycles. The lowest BCUT2D eigenvalue weighted by Gasteiger charge is -2.22. The number of fused-ring (bicyclic) bond motifs is 1. The Kier molecular flexibility index (Phi) is 4.87. The number of rotatable bonds is 2. The number of nitrogens with zero attached hydrogens (tertiary/aromatic N) is 3. The average Bonchev–Trinajstić information content (AvgIpc) is 3.04. The van der Waals surface area contributed by atoms with Crippen LogP contribution in [0.1, 0.15) is 28.2 Å². The minimum Gasteiger partial charge on any atom is -0.384 e. The number of nitrogens with two attached hydrogens (primary N) is 1. The molecule has 5 nitrogen and oxygen atoms in total. The largest absolute Gasteiger partial charge is 0.384 e. The number of aryl methyl sites for hydroxylation is 2. The minimum atomic E-state index is -0.593. The molecule has 0 spiro atoms. The van der Waals surface area contributed by atoms with Crippen LogP contribution in [0.5, 0.6) is 0 Å². The van der Waals surface area contributed by atoms with Crippen molar-refractivity contribution in [3.63, 3.8) is 0 Å². The standard InChI is InChI=1S/C24H18N4OS/c1-14-5-3-7-16(9-14)11-20-23(29)28-22(27)18(12-25)21(19(13-26)24(28)30-20)17-8-4-6-15(2)10-17/h3-11,21H,27H2,1-2H3/t21-/m1/s1. The molecular weight excluding hydrogens is 392 g/mol. The molecule has 2 heterocycles. The zero-order chi connectivity index (χ0) is 21.4. The van der Waals surface area contributed by atoms with Crippen LogP contribution >= 0.6 is 11.3 Å². The molecule has 0 amide bonds. The first-order valence-electron chi connectivity index (χ1n) is 9.36. The number of nitriles is 2. The molecule has 0 radical (unpaired) electrons. The second kappa shape index (κ2) is 7.51. The van der Waals surface area contributed by atoms with Crippen molar-refractivity contribution in [1.82, 2.24) is 4.57 Å². The predicted octanol–water partition coefficient (Wildman–Crippen LogP) is 2.48. The van der Waals surface area contributed by atoms with Crippen molar-refractivity contribution in [3.8, 4) is 12.1 Å².